The summed E-state index contributed by atoms with van der Waals surface area (Å²) in [6.07, 6.45) is 0.886. The van der Waals surface area contributed by atoms with Crippen molar-refractivity contribution < 1.29 is 36.9 Å². The maximum Gasteiger partial charge on any atom is 0.373 e. The number of hydrogen-bond donors (Lipinski definition) is 0. The number of ether oxygens (including phenoxy) is 4. The molecule has 0 spiro atoms. The molecule has 1 unspecified atom stereocenters. The normalized spacial score (nSPS) is 24.1. The largest absolute Gasteiger partial charge is 0.478 e. The van der Waals surface area contributed by atoms with Gasteiger partial charge < -0.3 is 18.9 Å². The maximum absolute atomic E-state index is 13.7. The van der Waals surface area contributed by atoms with Gasteiger partial charge in [0.25, 0.3) is 0 Å². The highest BCUT2D eigenvalue weighted by Gasteiger charge is 2.44. The fourth-order valence-electron chi connectivity index (χ4n) is 3.89. The number of aromatic nitrogens is 3. The molecule has 2 aromatic carbocycles. The van der Waals surface area contributed by atoms with E-state index in [-0.39, 0.29) is 23.6 Å². The third kappa shape index (κ3) is 4.03. The van der Waals surface area contributed by atoms with E-state index in [1.807, 2.05) is 30.3 Å². The van der Waals surface area contributed by atoms with E-state index >= 15 is 0 Å². The van der Waals surface area contributed by atoms with Gasteiger partial charge in [0.15, 0.2) is 29.8 Å². The fourth-order valence-corrected chi connectivity index (χ4v) is 3.89. The van der Waals surface area contributed by atoms with Crippen molar-refractivity contribution >= 4 is 5.97 Å². The van der Waals surface area contributed by atoms with Crippen LogP contribution in [-0.2, 0) is 23.7 Å². The Kier molecular flexibility index (Phi) is 5.80. The summed E-state index contributed by atoms with van der Waals surface area (Å²) < 4.78 is 64.7. The van der Waals surface area contributed by atoms with E-state index in [0.717, 1.165) is 17.7 Å². The summed E-state index contributed by atoms with van der Waals surface area (Å²) in [5, 5.41) is 8.02. The van der Waals surface area contributed by atoms with Gasteiger partial charge in [0.2, 0.25) is 5.76 Å². The standard InChI is InChI=1S/C23H18F3N3O5/c1-31-22(30)18-9-17(21-19(33-18)11-32-23(34-21)12-5-3-2-4-6-12)29-10-16(27-28-29)13-7-14(24)20(26)15(25)8-13/h2-10,17,19,21,23H,11H2,1H3/t17-,19-,21-,23?/m1/s1. The first-order valence-electron chi connectivity index (χ1n) is 10.3. The van der Waals surface area contributed by atoms with Crippen LogP contribution in [0.15, 0.2) is 60.5 Å². The van der Waals surface area contributed by atoms with Gasteiger partial charge in [-0.05, 0) is 18.2 Å². The predicted molar refractivity (Wildman–Crippen MR) is 109 cm³/mol. The van der Waals surface area contributed by atoms with Crippen molar-refractivity contribution in [2.45, 2.75) is 24.5 Å². The molecule has 0 N–H and O–H groups in total. The van der Waals surface area contributed by atoms with Crippen LogP contribution in [0.1, 0.15) is 17.9 Å². The van der Waals surface area contributed by atoms with Gasteiger partial charge in [-0.1, -0.05) is 35.5 Å². The lowest BCUT2D eigenvalue weighted by atomic mass is 10.00. The number of carbonyl (C=O) groups excluding carboxylic acids is 1. The summed E-state index contributed by atoms with van der Waals surface area (Å²) in [6.45, 7) is 0.116. The van der Waals surface area contributed by atoms with Gasteiger partial charge >= 0.3 is 5.97 Å². The van der Waals surface area contributed by atoms with E-state index in [9.17, 15) is 18.0 Å². The minimum absolute atomic E-state index is 0.00140. The Balaban J connectivity index is 1.50. The Hall–Kier alpha value is -3.70. The van der Waals surface area contributed by atoms with Crippen LogP contribution in [0.25, 0.3) is 11.3 Å². The SMILES string of the molecule is COC(=O)C1=C[C@@H](n2cc(-c3cc(F)c(F)c(F)c3)nn2)[C@H]2OC(c3ccccc3)OC[C@H]2O1. The topological polar surface area (TPSA) is 84.7 Å². The van der Waals surface area contributed by atoms with E-state index in [2.05, 4.69) is 10.3 Å². The molecule has 0 radical (unpaired) electrons. The number of carbonyl (C=O) groups is 1. The lowest BCUT2D eigenvalue weighted by molar-refractivity contribution is -0.271. The van der Waals surface area contributed by atoms with Crippen molar-refractivity contribution in [3.05, 3.63) is 83.5 Å². The molecule has 1 saturated heterocycles. The predicted octanol–water partition coefficient (Wildman–Crippen LogP) is 3.47. The highest BCUT2D eigenvalue weighted by molar-refractivity contribution is 5.86. The fraction of sp³-hybridized carbons (Fsp3) is 0.261. The van der Waals surface area contributed by atoms with Crippen LogP contribution in [0.2, 0.25) is 0 Å². The first-order valence-corrected chi connectivity index (χ1v) is 10.3. The molecule has 11 heteroatoms. The van der Waals surface area contributed by atoms with Gasteiger partial charge in [0, 0.05) is 11.1 Å². The van der Waals surface area contributed by atoms with Gasteiger partial charge in [0.1, 0.15) is 17.8 Å². The first-order chi connectivity index (χ1) is 16.4. The van der Waals surface area contributed by atoms with Crippen LogP contribution in [-0.4, -0.2) is 46.9 Å². The van der Waals surface area contributed by atoms with E-state index in [0.29, 0.717) is 0 Å². The Morgan fingerprint density at radius 1 is 1.15 bits per heavy atom. The van der Waals surface area contributed by atoms with Crippen LogP contribution in [0.4, 0.5) is 13.2 Å². The molecule has 1 fully saturated rings. The molecule has 3 heterocycles. The number of fused-ring (bicyclic) bond motifs is 1. The van der Waals surface area contributed by atoms with Gasteiger partial charge in [0.05, 0.1) is 19.9 Å². The molecule has 8 nitrogen and oxygen atoms in total. The van der Waals surface area contributed by atoms with E-state index in [1.165, 1.54) is 24.1 Å². The van der Waals surface area contributed by atoms with Gasteiger partial charge in [-0.3, -0.25) is 0 Å². The number of methoxy groups -OCH3 is 1. The lowest BCUT2D eigenvalue weighted by Crippen LogP contribution is -2.49. The minimum Gasteiger partial charge on any atom is -0.478 e. The number of esters is 1. The molecule has 0 amide bonds. The zero-order valence-electron chi connectivity index (χ0n) is 17.7. The molecule has 3 aromatic rings. The van der Waals surface area contributed by atoms with Gasteiger partial charge in [-0.2, -0.15) is 0 Å². The van der Waals surface area contributed by atoms with Crippen LogP contribution in [0.3, 0.4) is 0 Å². The summed E-state index contributed by atoms with van der Waals surface area (Å²) >= 11 is 0. The molecule has 5 rings (SSSR count). The van der Waals surface area contributed by atoms with Crippen LogP contribution < -0.4 is 0 Å². The maximum atomic E-state index is 13.7. The van der Waals surface area contributed by atoms with Crippen molar-refractivity contribution in [2.24, 2.45) is 0 Å². The number of nitrogens with zero attached hydrogens (tertiary/aromatic N) is 3. The molecule has 0 saturated carbocycles. The first kappa shape index (κ1) is 22.1. The number of hydrogen-bond acceptors (Lipinski definition) is 7. The highest BCUT2D eigenvalue weighted by atomic mass is 19.2. The minimum atomic E-state index is -1.57. The van der Waals surface area contributed by atoms with Crippen molar-refractivity contribution in [1.82, 2.24) is 15.0 Å². The lowest BCUT2D eigenvalue weighted by Gasteiger charge is -2.42. The Labute approximate surface area is 191 Å². The van der Waals surface area contributed by atoms with Gasteiger partial charge in [-0.25, -0.2) is 22.6 Å². The zero-order valence-corrected chi connectivity index (χ0v) is 17.7. The molecule has 4 atom stereocenters. The van der Waals surface area contributed by atoms with Crippen LogP contribution in [0, 0.1) is 17.5 Å². The zero-order chi connectivity index (χ0) is 23.8. The highest BCUT2D eigenvalue weighted by Crippen LogP contribution is 2.38. The van der Waals surface area contributed by atoms with Crippen LogP contribution in [0.5, 0.6) is 0 Å². The van der Waals surface area contributed by atoms with Crippen molar-refractivity contribution in [2.75, 3.05) is 13.7 Å². The molecule has 2 aliphatic rings. The second-order valence-corrected chi connectivity index (χ2v) is 7.68. The molecule has 0 bridgehead atoms. The van der Waals surface area contributed by atoms with E-state index in [4.69, 9.17) is 18.9 Å². The Bertz CT molecular complexity index is 1230. The smallest absolute Gasteiger partial charge is 0.373 e. The number of benzene rings is 2. The number of rotatable bonds is 4. The second kappa shape index (κ2) is 8.92. The molecular formula is C23H18F3N3O5. The van der Waals surface area contributed by atoms with Crippen LogP contribution >= 0.6 is 0 Å². The second-order valence-electron chi connectivity index (χ2n) is 7.68. The van der Waals surface area contributed by atoms with E-state index < -0.39 is 48.0 Å². The van der Waals surface area contributed by atoms with Crippen molar-refractivity contribution in [1.29, 1.82) is 0 Å². The summed E-state index contributed by atoms with van der Waals surface area (Å²) in [4.78, 5) is 12.2. The summed E-state index contributed by atoms with van der Waals surface area (Å²) in [5.74, 6) is -5.02. The Morgan fingerprint density at radius 2 is 1.88 bits per heavy atom. The third-order valence-electron chi connectivity index (χ3n) is 5.55. The molecule has 1 aromatic heterocycles. The van der Waals surface area contributed by atoms with Crippen molar-refractivity contribution in [3.8, 4) is 11.3 Å². The summed E-state index contributed by atoms with van der Waals surface area (Å²) in [7, 11) is 1.22. The average Bonchev–Trinajstić information content (AvgIpc) is 3.36. The monoisotopic (exact) mass is 473 g/mol. The third-order valence-corrected chi connectivity index (χ3v) is 5.55. The molecule has 176 valence electrons. The van der Waals surface area contributed by atoms with E-state index in [1.54, 1.807) is 0 Å². The molecular weight excluding hydrogens is 455 g/mol. The Morgan fingerprint density at radius 3 is 2.59 bits per heavy atom. The number of halogens is 3. The summed E-state index contributed by atoms with van der Waals surface area (Å²) in [6, 6.07) is 10.2. The molecule has 0 aliphatic carbocycles. The molecule has 34 heavy (non-hydrogen) atoms. The van der Waals surface area contributed by atoms with Crippen molar-refractivity contribution in [3.63, 3.8) is 0 Å². The average molecular weight is 473 g/mol. The summed E-state index contributed by atoms with van der Waals surface area (Å²) in [5.41, 5.74) is 0.887. The quantitative estimate of drug-likeness (QED) is 0.424. The van der Waals surface area contributed by atoms with Gasteiger partial charge in [-0.15, -0.1) is 5.10 Å². The molecule has 2 aliphatic heterocycles.